The minimum atomic E-state index is -1.26. The van der Waals surface area contributed by atoms with Gasteiger partial charge in [-0.3, -0.25) is 0 Å². The lowest BCUT2D eigenvalue weighted by Crippen LogP contribution is -2.18. The lowest BCUT2D eigenvalue weighted by molar-refractivity contribution is -0.134. The van der Waals surface area contributed by atoms with Crippen LogP contribution in [0.2, 0.25) is 0 Å². The van der Waals surface area contributed by atoms with Crippen LogP contribution >= 0.6 is 11.6 Å². The van der Waals surface area contributed by atoms with E-state index >= 15 is 0 Å². The van der Waals surface area contributed by atoms with Crippen molar-refractivity contribution in [1.82, 2.24) is 0 Å². The van der Waals surface area contributed by atoms with Gasteiger partial charge in [-0.15, -0.1) is 11.6 Å². The summed E-state index contributed by atoms with van der Waals surface area (Å²) in [6.07, 6.45) is 1.52. The average molecular weight is 437 g/mol. The van der Waals surface area contributed by atoms with Crippen LogP contribution in [-0.4, -0.2) is 51.0 Å². The predicted molar refractivity (Wildman–Crippen MR) is 113 cm³/mol. The van der Waals surface area contributed by atoms with E-state index < -0.39 is 11.9 Å². The molecular weight excluding hydrogens is 412 g/mol. The Morgan fingerprint density at radius 3 is 1.47 bits per heavy atom. The van der Waals surface area contributed by atoms with Crippen molar-refractivity contribution in [3.63, 3.8) is 0 Å². The number of rotatable bonds is 5. The van der Waals surface area contributed by atoms with Crippen molar-refractivity contribution < 1.29 is 34.8 Å². The molecule has 4 N–H and O–H groups in total. The van der Waals surface area contributed by atoms with E-state index in [1.165, 1.54) is 0 Å². The third kappa shape index (κ3) is 9.45. The van der Waals surface area contributed by atoms with Gasteiger partial charge >= 0.3 is 11.9 Å². The first-order valence-corrected chi connectivity index (χ1v) is 9.50. The van der Waals surface area contributed by atoms with Gasteiger partial charge in [0.1, 0.15) is 11.5 Å². The van der Waals surface area contributed by atoms with E-state index in [9.17, 15) is 19.8 Å². The standard InChI is InChI=1S/C15H16O2.C4H4O4.C3H5ClO/c1-15(2,11-3-7-13(16)8-4-11)12-5-9-14(17)10-6-12;5-3(6)1-2-4(7)8;4-1-3-2-5-3/h3-10,16-17H,1-2H3;1-2H,(H,5,6)(H,7,8);3H,1-2H2/b;2-1+;. The Hall–Kier alpha value is -3.03. The van der Waals surface area contributed by atoms with Crippen molar-refractivity contribution in [3.05, 3.63) is 71.8 Å². The number of phenolic OH excluding ortho intramolecular Hbond substituents is 2. The summed E-state index contributed by atoms with van der Waals surface area (Å²) in [4.78, 5) is 19.1. The van der Waals surface area contributed by atoms with Crippen LogP contribution < -0.4 is 0 Å². The molecule has 0 aromatic heterocycles. The summed E-state index contributed by atoms with van der Waals surface area (Å²) in [6.45, 7) is 5.11. The Labute approximate surface area is 179 Å². The summed E-state index contributed by atoms with van der Waals surface area (Å²) >= 11 is 5.27. The maximum atomic E-state index is 9.55. The van der Waals surface area contributed by atoms with Crippen LogP contribution in [0.15, 0.2) is 60.7 Å². The van der Waals surface area contributed by atoms with Crippen molar-refractivity contribution in [1.29, 1.82) is 0 Å². The zero-order valence-electron chi connectivity index (χ0n) is 16.7. The molecule has 3 rings (SSSR count). The Balaban J connectivity index is 0.000000285. The van der Waals surface area contributed by atoms with E-state index in [2.05, 4.69) is 13.8 Å². The maximum absolute atomic E-state index is 9.55. The van der Waals surface area contributed by atoms with E-state index in [0.29, 0.717) is 24.1 Å². The van der Waals surface area contributed by atoms with Gasteiger partial charge in [0.15, 0.2) is 0 Å². The van der Waals surface area contributed by atoms with E-state index in [4.69, 9.17) is 26.6 Å². The Kier molecular flexibility index (Phi) is 9.88. The highest BCUT2D eigenvalue weighted by Gasteiger charge is 2.22. The van der Waals surface area contributed by atoms with E-state index in [1.54, 1.807) is 24.3 Å². The molecule has 0 bridgehead atoms. The molecule has 7 nitrogen and oxygen atoms in total. The number of benzene rings is 2. The maximum Gasteiger partial charge on any atom is 0.328 e. The Bertz CT molecular complexity index is 775. The topological polar surface area (TPSA) is 128 Å². The SMILES string of the molecule is CC(C)(c1ccc(O)cc1)c1ccc(O)cc1.ClCC1CO1.O=C(O)/C=C/C(=O)O. The second-order valence-electron chi connectivity index (χ2n) is 6.84. The summed E-state index contributed by atoms with van der Waals surface area (Å²) < 4.78 is 4.73. The number of hydrogen-bond donors (Lipinski definition) is 4. The number of hydrogen-bond acceptors (Lipinski definition) is 5. The van der Waals surface area contributed by atoms with Crippen molar-refractivity contribution >= 4 is 23.5 Å². The molecule has 0 radical (unpaired) electrons. The summed E-state index contributed by atoms with van der Waals surface area (Å²) in [5.74, 6) is -1.30. The minimum absolute atomic E-state index is 0.151. The number of epoxide rings is 1. The number of alkyl halides is 1. The fraction of sp³-hybridized carbons (Fsp3) is 0.273. The molecule has 0 aliphatic carbocycles. The lowest BCUT2D eigenvalue weighted by Gasteiger charge is -2.26. The second-order valence-corrected chi connectivity index (χ2v) is 7.15. The van der Waals surface area contributed by atoms with Gasteiger partial charge in [0.25, 0.3) is 0 Å². The third-order valence-corrected chi connectivity index (χ3v) is 4.47. The van der Waals surface area contributed by atoms with Crippen LogP contribution in [0.1, 0.15) is 25.0 Å². The quantitative estimate of drug-likeness (QED) is 0.319. The molecule has 8 heteroatoms. The summed E-state index contributed by atoms with van der Waals surface area (Å²) in [5, 5.41) is 34.2. The van der Waals surface area contributed by atoms with Crippen LogP contribution in [0, 0.1) is 0 Å². The van der Waals surface area contributed by atoms with Gasteiger partial charge in [0, 0.05) is 17.6 Å². The molecule has 1 heterocycles. The average Bonchev–Trinajstić information content (AvgIpc) is 3.53. The summed E-state index contributed by atoms with van der Waals surface area (Å²) in [6, 6.07) is 14.4. The van der Waals surface area contributed by atoms with Crippen molar-refractivity contribution in [3.8, 4) is 11.5 Å². The number of phenols is 2. The molecular formula is C22H25ClO7. The number of aromatic hydroxyl groups is 2. The number of ether oxygens (including phenoxy) is 1. The molecule has 1 aliphatic heterocycles. The Morgan fingerprint density at radius 2 is 1.27 bits per heavy atom. The zero-order valence-corrected chi connectivity index (χ0v) is 17.4. The largest absolute Gasteiger partial charge is 0.508 e. The molecule has 2 aromatic carbocycles. The molecule has 30 heavy (non-hydrogen) atoms. The smallest absolute Gasteiger partial charge is 0.328 e. The van der Waals surface area contributed by atoms with Crippen molar-refractivity contribution in [2.75, 3.05) is 12.5 Å². The highest BCUT2D eigenvalue weighted by molar-refractivity contribution is 6.18. The molecule has 0 amide bonds. The first kappa shape index (κ1) is 25.0. The van der Waals surface area contributed by atoms with Gasteiger partial charge in [-0.2, -0.15) is 0 Å². The molecule has 1 atom stereocenters. The second kappa shape index (κ2) is 11.8. The van der Waals surface area contributed by atoms with Gasteiger partial charge in [0.2, 0.25) is 0 Å². The van der Waals surface area contributed by atoms with Crippen LogP contribution in [0.25, 0.3) is 0 Å². The molecule has 1 unspecified atom stereocenters. The fourth-order valence-electron chi connectivity index (χ4n) is 2.22. The zero-order chi connectivity index (χ0) is 22.7. The summed E-state index contributed by atoms with van der Waals surface area (Å²) in [5.41, 5.74) is 2.10. The number of carboxylic acids is 2. The minimum Gasteiger partial charge on any atom is -0.508 e. The van der Waals surface area contributed by atoms with Crippen LogP contribution in [0.4, 0.5) is 0 Å². The number of aliphatic carboxylic acids is 2. The van der Waals surface area contributed by atoms with Gasteiger partial charge in [-0.05, 0) is 35.4 Å². The lowest BCUT2D eigenvalue weighted by atomic mass is 9.78. The van der Waals surface area contributed by atoms with Gasteiger partial charge in [-0.1, -0.05) is 38.1 Å². The molecule has 1 fully saturated rings. The van der Waals surface area contributed by atoms with Crippen LogP contribution in [-0.2, 0) is 19.7 Å². The fourth-order valence-corrected chi connectivity index (χ4v) is 2.40. The van der Waals surface area contributed by atoms with Gasteiger partial charge in [0.05, 0.1) is 18.6 Å². The van der Waals surface area contributed by atoms with E-state index in [-0.39, 0.29) is 16.9 Å². The first-order valence-electron chi connectivity index (χ1n) is 8.96. The molecule has 0 spiro atoms. The highest BCUT2D eigenvalue weighted by atomic mass is 35.5. The van der Waals surface area contributed by atoms with E-state index in [0.717, 1.165) is 17.7 Å². The number of carboxylic acid groups (broad SMARTS) is 2. The monoisotopic (exact) mass is 436 g/mol. The normalized spacial score (nSPS) is 14.7. The number of halogens is 1. The first-order chi connectivity index (χ1) is 14.1. The molecule has 162 valence electrons. The number of carbonyl (C=O) groups is 2. The van der Waals surface area contributed by atoms with Crippen molar-refractivity contribution in [2.24, 2.45) is 0 Å². The molecule has 2 aromatic rings. The molecule has 1 aliphatic rings. The highest BCUT2D eigenvalue weighted by Crippen LogP contribution is 2.32. The predicted octanol–water partition coefficient (Wildman–Crippen LogP) is 3.76. The van der Waals surface area contributed by atoms with Gasteiger partial charge < -0.3 is 25.2 Å². The third-order valence-electron chi connectivity index (χ3n) is 4.12. The van der Waals surface area contributed by atoms with Crippen molar-refractivity contribution in [2.45, 2.75) is 25.4 Å². The van der Waals surface area contributed by atoms with Gasteiger partial charge in [-0.25, -0.2) is 9.59 Å². The Morgan fingerprint density at radius 1 is 0.933 bits per heavy atom. The van der Waals surface area contributed by atoms with Crippen LogP contribution in [0.5, 0.6) is 11.5 Å². The van der Waals surface area contributed by atoms with E-state index in [1.807, 2.05) is 24.3 Å². The summed E-state index contributed by atoms with van der Waals surface area (Å²) in [7, 11) is 0. The molecule has 1 saturated heterocycles. The van der Waals surface area contributed by atoms with Crippen LogP contribution in [0.3, 0.4) is 0 Å². The molecule has 0 saturated carbocycles.